The van der Waals surface area contributed by atoms with Crippen molar-refractivity contribution < 1.29 is 5.11 Å². The van der Waals surface area contributed by atoms with Crippen LogP contribution in [-0.4, -0.2) is 16.5 Å². The highest BCUT2D eigenvalue weighted by atomic mass is 32.1. The Kier molecular flexibility index (Phi) is 8.06. The molecule has 0 saturated heterocycles. The lowest BCUT2D eigenvalue weighted by Crippen LogP contribution is -2.43. The molecule has 1 nitrogen and oxygen atoms in total. The van der Waals surface area contributed by atoms with Crippen molar-refractivity contribution in [2.24, 2.45) is 23.2 Å². The molecule has 116 valence electrons. The minimum absolute atomic E-state index is 0.0239. The van der Waals surface area contributed by atoms with Gasteiger partial charge in [0.1, 0.15) is 0 Å². The molecule has 4 unspecified atom stereocenters. The monoisotopic (exact) mass is 288 g/mol. The molecule has 0 bridgehead atoms. The average Bonchev–Trinajstić information content (AvgIpc) is 2.26. The van der Waals surface area contributed by atoms with Gasteiger partial charge in [0.05, 0.1) is 0 Å². The van der Waals surface area contributed by atoms with Crippen LogP contribution in [0.4, 0.5) is 0 Å². The van der Waals surface area contributed by atoms with Crippen LogP contribution in [0.3, 0.4) is 0 Å². The zero-order valence-electron chi connectivity index (χ0n) is 14.2. The third-order valence-corrected chi connectivity index (χ3v) is 5.43. The van der Waals surface area contributed by atoms with Gasteiger partial charge in [0.25, 0.3) is 0 Å². The average molecular weight is 289 g/mol. The van der Waals surface area contributed by atoms with Crippen LogP contribution in [0.25, 0.3) is 0 Å². The summed E-state index contributed by atoms with van der Waals surface area (Å²) in [6.45, 7) is 16.2. The normalized spacial score (nSPS) is 21.8. The molecule has 0 aromatic rings. The molecule has 2 heteroatoms. The van der Waals surface area contributed by atoms with Crippen molar-refractivity contribution in [3.05, 3.63) is 0 Å². The van der Waals surface area contributed by atoms with E-state index in [0.717, 1.165) is 12.8 Å². The first-order chi connectivity index (χ1) is 8.58. The Morgan fingerprint density at radius 1 is 0.947 bits per heavy atom. The fraction of sp³-hybridized carbons (Fsp3) is 1.00. The van der Waals surface area contributed by atoms with Crippen LogP contribution in [0, 0.1) is 23.2 Å². The zero-order chi connectivity index (χ0) is 15.3. The van der Waals surface area contributed by atoms with Crippen LogP contribution in [-0.2, 0) is 0 Å². The number of hydrogen-bond acceptors (Lipinski definition) is 2. The number of hydrogen-bond donors (Lipinski definition) is 2. The predicted octanol–water partition coefficient (Wildman–Crippen LogP) is 5.18. The topological polar surface area (TPSA) is 20.2 Å². The molecule has 0 radical (unpaired) electrons. The quantitative estimate of drug-likeness (QED) is 0.560. The van der Waals surface area contributed by atoms with E-state index in [2.05, 4.69) is 48.5 Å². The first kappa shape index (κ1) is 19.3. The molecule has 0 fully saturated rings. The van der Waals surface area contributed by atoms with Crippen LogP contribution in [0.1, 0.15) is 74.1 Å². The van der Waals surface area contributed by atoms with E-state index in [4.69, 9.17) is 12.6 Å². The number of aliphatic hydroxyl groups excluding tert-OH is 1. The summed E-state index contributed by atoms with van der Waals surface area (Å²) in [5, 5.41) is 9.40. The molecule has 0 aromatic heterocycles. The highest BCUT2D eigenvalue weighted by Crippen LogP contribution is 2.49. The lowest BCUT2D eigenvalue weighted by atomic mass is 9.65. The third-order valence-electron chi connectivity index (χ3n) is 4.71. The summed E-state index contributed by atoms with van der Waals surface area (Å²) >= 11 is 5.07. The molecule has 0 rings (SSSR count). The van der Waals surface area contributed by atoms with E-state index < -0.39 is 0 Å². The van der Waals surface area contributed by atoms with Crippen LogP contribution < -0.4 is 0 Å². The van der Waals surface area contributed by atoms with Crippen molar-refractivity contribution in [3.8, 4) is 0 Å². The van der Waals surface area contributed by atoms with Gasteiger partial charge in [-0.3, -0.25) is 0 Å². The molecule has 0 aromatic carbocycles. The van der Waals surface area contributed by atoms with Gasteiger partial charge in [-0.25, -0.2) is 0 Å². The fourth-order valence-corrected chi connectivity index (χ4v) is 3.82. The smallest absolute Gasteiger partial charge is 0.0456 e. The van der Waals surface area contributed by atoms with E-state index >= 15 is 0 Å². The Labute approximate surface area is 127 Å². The minimum Gasteiger partial charge on any atom is -0.396 e. The number of thiol groups is 1. The maximum atomic E-state index is 9.40. The molecule has 0 amide bonds. The van der Waals surface area contributed by atoms with Gasteiger partial charge in [0.15, 0.2) is 0 Å². The number of rotatable bonds is 9. The highest BCUT2D eigenvalue weighted by molar-refractivity contribution is 7.81. The van der Waals surface area contributed by atoms with Gasteiger partial charge in [0, 0.05) is 11.4 Å². The van der Waals surface area contributed by atoms with E-state index in [1.165, 1.54) is 12.8 Å². The van der Waals surface area contributed by atoms with Crippen molar-refractivity contribution in [1.29, 1.82) is 0 Å². The Bertz CT molecular complexity index is 250. The minimum atomic E-state index is 0.0239. The molecule has 0 aliphatic heterocycles. The Morgan fingerprint density at radius 3 is 1.84 bits per heavy atom. The first-order valence-corrected chi connectivity index (χ1v) is 8.36. The first-order valence-electron chi connectivity index (χ1n) is 7.91. The highest BCUT2D eigenvalue weighted by Gasteiger charge is 2.43. The van der Waals surface area contributed by atoms with Gasteiger partial charge in [-0.05, 0) is 42.4 Å². The van der Waals surface area contributed by atoms with Gasteiger partial charge in [0.2, 0.25) is 0 Å². The molecule has 0 aliphatic carbocycles. The maximum absolute atomic E-state index is 9.40. The Balaban J connectivity index is 5.08. The molecule has 19 heavy (non-hydrogen) atoms. The lowest BCUT2D eigenvalue weighted by molar-refractivity contribution is 0.104. The summed E-state index contributed by atoms with van der Waals surface area (Å²) < 4.78 is 0.0239. The molecule has 0 heterocycles. The van der Waals surface area contributed by atoms with Gasteiger partial charge in [-0.2, -0.15) is 12.6 Å². The van der Waals surface area contributed by atoms with E-state index in [0.29, 0.717) is 17.8 Å². The second-order valence-electron chi connectivity index (χ2n) is 7.64. The summed E-state index contributed by atoms with van der Waals surface area (Å²) in [4.78, 5) is 0. The van der Waals surface area contributed by atoms with Crippen LogP contribution in [0.5, 0.6) is 0 Å². The van der Waals surface area contributed by atoms with Crippen molar-refractivity contribution in [2.45, 2.75) is 78.9 Å². The summed E-state index contributed by atoms with van der Waals surface area (Å²) in [6.07, 6.45) is 4.59. The predicted molar refractivity (Wildman–Crippen MR) is 89.9 cm³/mol. The molecule has 1 N–H and O–H groups in total. The Morgan fingerprint density at radius 2 is 1.47 bits per heavy atom. The van der Waals surface area contributed by atoms with Crippen LogP contribution >= 0.6 is 12.6 Å². The van der Waals surface area contributed by atoms with Gasteiger partial charge in [-0.15, -0.1) is 0 Å². The second-order valence-corrected chi connectivity index (χ2v) is 8.63. The zero-order valence-corrected chi connectivity index (χ0v) is 15.1. The molecular formula is C17H36OS. The molecule has 0 saturated carbocycles. The standard InChI is InChI=1S/C17H36OS/c1-8-14(4)11-17(7,19)16(6,9-13(2)3)10-15(5)12-18/h13-15,18-19H,8-12H2,1-7H3. The summed E-state index contributed by atoms with van der Waals surface area (Å²) in [5.41, 5.74) is 0.176. The molecule has 0 spiro atoms. The maximum Gasteiger partial charge on any atom is 0.0456 e. The van der Waals surface area contributed by atoms with Crippen LogP contribution in [0.2, 0.25) is 0 Å². The van der Waals surface area contributed by atoms with Crippen LogP contribution in [0.15, 0.2) is 0 Å². The molecule has 0 aliphatic rings. The van der Waals surface area contributed by atoms with E-state index in [9.17, 15) is 5.11 Å². The van der Waals surface area contributed by atoms with E-state index in [1.54, 1.807) is 0 Å². The summed E-state index contributed by atoms with van der Waals surface area (Å²) in [6, 6.07) is 0. The van der Waals surface area contributed by atoms with E-state index in [-0.39, 0.29) is 16.8 Å². The largest absolute Gasteiger partial charge is 0.396 e. The van der Waals surface area contributed by atoms with Crippen molar-refractivity contribution >= 4 is 12.6 Å². The van der Waals surface area contributed by atoms with Crippen molar-refractivity contribution in [1.82, 2.24) is 0 Å². The summed E-state index contributed by atoms with van der Waals surface area (Å²) in [7, 11) is 0. The molecule has 4 atom stereocenters. The SMILES string of the molecule is CCC(C)CC(C)(S)C(C)(CC(C)C)CC(C)CO. The van der Waals surface area contributed by atoms with Crippen molar-refractivity contribution in [3.63, 3.8) is 0 Å². The molecular weight excluding hydrogens is 252 g/mol. The van der Waals surface area contributed by atoms with Gasteiger partial charge >= 0.3 is 0 Å². The van der Waals surface area contributed by atoms with Crippen molar-refractivity contribution in [2.75, 3.05) is 6.61 Å². The Hall–Kier alpha value is 0.310. The van der Waals surface area contributed by atoms with E-state index in [1.807, 2.05) is 0 Å². The number of aliphatic hydroxyl groups is 1. The second kappa shape index (κ2) is 7.93. The summed E-state index contributed by atoms with van der Waals surface area (Å²) in [5.74, 6) is 1.73. The van der Waals surface area contributed by atoms with Gasteiger partial charge in [-0.1, -0.05) is 54.9 Å². The third kappa shape index (κ3) is 6.08. The van der Waals surface area contributed by atoms with Gasteiger partial charge < -0.3 is 5.11 Å². The fourth-order valence-electron chi connectivity index (χ4n) is 3.33. The lowest BCUT2D eigenvalue weighted by Gasteiger charge is -2.47.